The number of aliphatic imine (C=N–C) groups is 1. The first-order valence-electron chi connectivity index (χ1n) is 7.78. The summed E-state index contributed by atoms with van der Waals surface area (Å²) in [6.45, 7) is 10.3. The van der Waals surface area contributed by atoms with Crippen molar-refractivity contribution in [2.24, 2.45) is 22.6 Å². The second-order valence-corrected chi connectivity index (χ2v) is 6.42. The van der Waals surface area contributed by atoms with Crippen LogP contribution >= 0.6 is 0 Å². The van der Waals surface area contributed by atoms with Gasteiger partial charge in [0.1, 0.15) is 0 Å². The van der Waals surface area contributed by atoms with Gasteiger partial charge in [0.15, 0.2) is 5.96 Å². The van der Waals surface area contributed by atoms with Crippen molar-refractivity contribution >= 4 is 5.96 Å². The van der Waals surface area contributed by atoms with Crippen molar-refractivity contribution in [3.05, 3.63) is 0 Å². The molecule has 1 aliphatic carbocycles. The zero-order chi connectivity index (χ0) is 14.3. The van der Waals surface area contributed by atoms with Crippen molar-refractivity contribution in [1.29, 1.82) is 0 Å². The molecule has 0 saturated heterocycles. The lowest BCUT2D eigenvalue weighted by Crippen LogP contribution is -2.44. The van der Waals surface area contributed by atoms with Gasteiger partial charge in [0, 0.05) is 18.6 Å². The fraction of sp³-hybridized carbons (Fsp3) is 0.933. The van der Waals surface area contributed by atoms with Crippen LogP contribution in [-0.4, -0.2) is 31.1 Å². The molecule has 0 amide bonds. The molecule has 0 aromatic rings. The normalized spacial score (nSPS) is 23.5. The van der Waals surface area contributed by atoms with E-state index in [1.54, 1.807) is 0 Å². The van der Waals surface area contributed by atoms with Gasteiger partial charge in [-0.05, 0) is 65.3 Å². The summed E-state index contributed by atoms with van der Waals surface area (Å²) >= 11 is 0. The van der Waals surface area contributed by atoms with Crippen molar-refractivity contribution in [3.8, 4) is 0 Å². The van der Waals surface area contributed by atoms with E-state index in [2.05, 4.69) is 38.3 Å². The average Bonchev–Trinajstić information content (AvgIpc) is 2.35. The topological polar surface area (TPSA) is 62.4 Å². The van der Waals surface area contributed by atoms with Crippen LogP contribution in [0, 0.1) is 11.8 Å². The lowest BCUT2D eigenvalue weighted by atomic mass is 9.81. The maximum Gasteiger partial charge on any atom is 0.191 e. The van der Waals surface area contributed by atoms with Crippen LogP contribution in [0.2, 0.25) is 0 Å². The molecule has 0 aliphatic heterocycles. The number of nitrogens with zero attached hydrogens (tertiary/aromatic N) is 1. The Morgan fingerprint density at radius 3 is 2.21 bits per heavy atom. The minimum atomic E-state index is 0.410. The maximum atomic E-state index is 5.79. The zero-order valence-corrected chi connectivity index (χ0v) is 13.1. The summed E-state index contributed by atoms with van der Waals surface area (Å²) in [5, 5.41) is 6.78. The minimum Gasteiger partial charge on any atom is -0.354 e. The van der Waals surface area contributed by atoms with Crippen molar-refractivity contribution < 1.29 is 0 Å². The SMILES string of the molecule is CC(C)NC(=NCC1CCCC(CN)C1)NC(C)C. The summed E-state index contributed by atoms with van der Waals surface area (Å²) in [7, 11) is 0. The molecule has 4 heteroatoms. The molecule has 19 heavy (non-hydrogen) atoms. The quantitative estimate of drug-likeness (QED) is 0.528. The minimum absolute atomic E-state index is 0.410. The number of guanidine groups is 1. The third-order valence-corrected chi connectivity index (χ3v) is 3.58. The van der Waals surface area contributed by atoms with Gasteiger partial charge in [-0.2, -0.15) is 0 Å². The van der Waals surface area contributed by atoms with E-state index in [4.69, 9.17) is 10.7 Å². The second kappa shape index (κ2) is 8.41. The van der Waals surface area contributed by atoms with Crippen molar-refractivity contribution in [2.75, 3.05) is 13.1 Å². The van der Waals surface area contributed by atoms with Crippen molar-refractivity contribution in [2.45, 2.75) is 65.5 Å². The summed E-state index contributed by atoms with van der Waals surface area (Å²) in [5.41, 5.74) is 5.79. The second-order valence-electron chi connectivity index (χ2n) is 6.42. The molecule has 0 spiro atoms. The summed E-state index contributed by atoms with van der Waals surface area (Å²) in [6.07, 6.45) is 5.16. The van der Waals surface area contributed by atoms with Crippen molar-refractivity contribution in [1.82, 2.24) is 10.6 Å². The highest BCUT2D eigenvalue weighted by Crippen LogP contribution is 2.28. The number of nitrogens with two attached hydrogens (primary N) is 1. The van der Waals surface area contributed by atoms with Gasteiger partial charge >= 0.3 is 0 Å². The van der Waals surface area contributed by atoms with Gasteiger partial charge in [0.05, 0.1) is 0 Å². The number of hydrogen-bond acceptors (Lipinski definition) is 2. The van der Waals surface area contributed by atoms with Crippen LogP contribution in [0.1, 0.15) is 53.4 Å². The molecule has 1 saturated carbocycles. The lowest BCUT2D eigenvalue weighted by Gasteiger charge is -2.27. The van der Waals surface area contributed by atoms with Gasteiger partial charge < -0.3 is 16.4 Å². The highest BCUT2D eigenvalue weighted by Gasteiger charge is 2.20. The fourth-order valence-corrected chi connectivity index (χ4v) is 2.68. The van der Waals surface area contributed by atoms with Gasteiger partial charge in [0.2, 0.25) is 0 Å². The van der Waals surface area contributed by atoms with E-state index in [0.29, 0.717) is 23.9 Å². The summed E-state index contributed by atoms with van der Waals surface area (Å²) in [4.78, 5) is 4.75. The zero-order valence-electron chi connectivity index (χ0n) is 13.1. The Morgan fingerprint density at radius 2 is 1.68 bits per heavy atom. The molecular weight excluding hydrogens is 236 g/mol. The molecule has 1 aliphatic rings. The predicted octanol–water partition coefficient (Wildman–Crippen LogP) is 2.10. The first-order valence-corrected chi connectivity index (χ1v) is 7.78. The first-order chi connectivity index (χ1) is 9.01. The summed E-state index contributed by atoms with van der Waals surface area (Å²) in [5.74, 6) is 2.37. The van der Waals surface area contributed by atoms with E-state index >= 15 is 0 Å². The molecule has 0 aromatic heterocycles. The Kier molecular flexibility index (Phi) is 7.21. The molecule has 0 heterocycles. The van der Waals surface area contributed by atoms with Crippen LogP contribution in [0.3, 0.4) is 0 Å². The highest BCUT2D eigenvalue weighted by atomic mass is 15.2. The third-order valence-electron chi connectivity index (χ3n) is 3.58. The molecule has 0 bridgehead atoms. The van der Waals surface area contributed by atoms with Crippen LogP contribution in [-0.2, 0) is 0 Å². The van der Waals surface area contributed by atoms with Gasteiger partial charge in [-0.15, -0.1) is 0 Å². The predicted molar refractivity (Wildman–Crippen MR) is 83.3 cm³/mol. The van der Waals surface area contributed by atoms with Crippen molar-refractivity contribution in [3.63, 3.8) is 0 Å². The summed E-state index contributed by atoms with van der Waals surface area (Å²) in [6, 6.07) is 0.821. The smallest absolute Gasteiger partial charge is 0.191 e. The van der Waals surface area contributed by atoms with E-state index in [1.165, 1.54) is 25.7 Å². The van der Waals surface area contributed by atoms with Crippen LogP contribution in [0.4, 0.5) is 0 Å². The highest BCUT2D eigenvalue weighted by molar-refractivity contribution is 5.80. The molecule has 2 unspecified atom stereocenters. The van der Waals surface area contributed by atoms with Gasteiger partial charge in [-0.3, -0.25) is 4.99 Å². The lowest BCUT2D eigenvalue weighted by molar-refractivity contribution is 0.277. The maximum absolute atomic E-state index is 5.79. The molecule has 0 aromatic carbocycles. The molecule has 4 nitrogen and oxygen atoms in total. The standard InChI is InChI=1S/C15H32N4/c1-11(2)18-15(19-12(3)4)17-10-14-7-5-6-13(8-14)9-16/h11-14H,5-10,16H2,1-4H3,(H2,17,18,19). The van der Waals surface area contributed by atoms with E-state index in [9.17, 15) is 0 Å². The van der Waals surface area contributed by atoms with E-state index in [-0.39, 0.29) is 0 Å². The number of hydrogen-bond donors (Lipinski definition) is 3. The Labute approximate surface area is 118 Å². The molecular formula is C15H32N4. The Bertz CT molecular complexity index is 261. The Balaban J connectivity index is 2.48. The molecule has 1 fully saturated rings. The number of rotatable bonds is 5. The van der Waals surface area contributed by atoms with Gasteiger partial charge in [0.25, 0.3) is 0 Å². The molecule has 4 N–H and O–H groups in total. The van der Waals surface area contributed by atoms with Gasteiger partial charge in [-0.1, -0.05) is 6.42 Å². The molecule has 112 valence electrons. The van der Waals surface area contributed by atoms with Crippen LogP contribution in [0.25, 0.3) is 0 Å². The Morgan fingerprint density at radius 1 is 1.11 bits per heavy atom. The monoisotopic (exact) mass is 268 g/mol. The van der Waals surface area contributed by atoms with E-state index in [1.807, 2.05) is 0 Å². The number of nitrogens with one attached hydrogen (secondary N) is 2. The van der Waals surface area contributed by atoms with Crippen LogP contribution in [0.5, 0.6) is 0 Å². The third kappa shape index (κ3) is 6.81. The summed E-state index contributed by atoms with van der Waals surface area (Å²) < 4.78 is 0. The molecule has 0 radical (unpaired) electrons. The Hall–Kier alpha value is -0.770. The largest absolute Gasteiger partial charge is 0.354 e. The van der Waals surface area contributed by atoms with E-state index < -0.39 is 0 Å². The first kappa shape index (κ1) is 16.3. The molecule has 1 rings (SSSR count). The van der Waals surface area contributed by atoms with E-state index in [0.717, 1.165) is 19.0 Å². The molecule has 2 atom stereocenters. The fourth-order valence-electron chi connectivity index (χ4n) is 2.68. The van der Waals surface area contributed by atoms with Gasteiger partial charge in [-0.25, -0.2) is 0 Å². The van der Waals surface area contributed by atoms with Crippen LogP contribution < -0.4 is 16.4 Å². The average molecular weight is 268 g/mol. The van der Waals surface area contributed by atoms with Crippen LogP contribution in [0.15, 0.2) is 4.99 Å².